The fourth-order valence-electron chi connectivity index (χ4n) is 3.53. The number of nitrogens with zero attached hydrogens (tertiary/aromatic N) is 7. The van der Waals surface area contributed by atoms with Crippen LogP contribution in [0.3, 0.4) is 0 Å². The molecule has 0 aliphatic rings. The highest BCUT2D eigenvalue weighted by Gasteiger charge is 2.23. The first-order valence-electron chi connectivity index (χ1n) is 11.3. The summed E-state index contributed by atoms with van der Waals surface area (Å²) in [5.41, 5.74) is 1.51. The topological polar surface area (TPSA) is 170 Å². The van der Waals surface area contributed by atoms with Gasteiger partial charge in [-0.2, -0.15) is 9.78 Å². The van der Waals surface area contributed by atoms with Crippen molar-refractivity contribution in [3.8, 4) is 5.69 Å². The average molecular weight is 554 g/mol. The van der Waals surface area contributed by atoms with Crippen LogP contribution in [0.1, 0.15) is 27.3 Å². The standard InChI is InChI=1S/C24H21ClFN9O4/c1-13-9-15(31-34(13)2)10-18(23(37)30-20-7-3-14(11-27-20)24(38)39)29-21(36)8-4-16-19(35-12-28-32-33-35)6-5-17(25)22(16)26/h3-9,11-12,18H,10H2,1-2H3,(H,29,36)(H,38,39)(H,27,30,37). The third-order valence-corrected chi connectivity index (χ3v) is 5.87. The molecule has 4 aromatic rings. The Morgan fingerprint density at radius 2 is 2.03 bits per heavy atom. The number of anilines is 1. The van der Waals surface area contributed by atoms with Crippen LogP contribution in [0.5, 0.6) is 0 Å². The number of carboxylic acids is 1. The Morgan fingerprint density at radius 3 is 2.64 bits per heavy atom. The predicted molar refractivity (Wildman–Crippen MR) is 137 cm³/mol. The highest BCUT2D eigenvalue weighted by Crippen LogP contribution is 2.25. The molecule has 0 bridgehead atoms. The van der Waals surface area contributed by atoms with Crippen molar-refractivity contribution in [2.24, 2.45) is 7.05 Å². The van der Waals surface area contributed by atoms with Gasteiger partial charge < -0.3 is 15.7 Å². The number of aryl methyl sites for hydroxylation is 2. The second kappa shape index (κ2) is 11.6. The van der Waals surface area contributed by atoms with Crippen LogP contribution >= 0.6 is 11.6 Å². The Bertz CT molecular complexity index is 1530. The molecule has 1 unspecified atom stereocenters. The first-order valence-corrected chi connectivity index (χ1v) is 11.7. The Morgan fingerprint density at radius 1 is 1.23 bits per heavy atom. The summed E-state index contributed by atoms with van der Waals surface area (Å²) in [5.74, 6) is -3.20. The van der Waals surface area contributed by atoms with E-state index in [9.17, 15) is 18.8 Å². The van der Waals surface area contributed by atoms with Gasteiger partial charge in [-0.05, 0) is 53.8 Å². The molecule has 15 heteroatoms. The summed E-state index contributed by atoms with van der Waals surface area (Å²) in [6.45, 7) is 1.84. The van der Waals surface area contributed by atoms with E-state index in [1.807, 2.05) is 6.92 Å². The lowest BCUT2D eigenvalue weighted by Gasteiger charge is -2.16. The molecule has 0 aliphatic heterocycles. The smallest absolute Gasteiger partial charge is 0.337 e. The number of amides is 2. The van der Waals surface area contributed by atoms with Crippen molar-refractivity contribution in [2.45, 2.75) is 19.4 Å². The molecule has 13 nitrogen and oxygen atoms in total. The second-order valence-electron chi connectivity index (χ2n) is 8.27. The number of rotatable bonds is 9. The van der Waals surface area contributed by atoms with Gasteiger partial charge in [0.1, 0.15) is 18.2 Å². The molecule has 4 rings (SSSR count). The molecule has 0 saturated heterocycles. The number of hydrogen-bond donors (Lipinski definition) is 3. The maximum atomic E-state index is 14.8. The number of aromatic carboxylic acids is 1. The van der Waals surface area contributed by atoms with Crippen molar-refractivity contribution in [1.29, 1.82) is 0 Å². The normalized spacial score (nSPS) is 11.9. The Balaban J connectivity index is 1.56. The first-order chi connectivity index (χ1) is 18.6. The quantitative estimate of drug-likeness (QED) is 0.262. The lowest BCUT2D eigenvalue weighted by Crippen LogP contribution is -2.45. The van der Waals surface area contributed by atoms with Crippen LogP contribution in [0, 0.1) is 12.7 Å². The zero-order valence-corrected chi connectivity index (χ0v) is 21.3. The maximum absolute atomic E-state index is 14.8. The zero-order valence-electron chi connectivity index (χ0n) is 20.5. The molecule has 1 atom stereocenters. The third kappa shape index (κ3) is 6.48. The Labute approximate surface area is 225 Å². The number of carboxylic acid groups (broad SMARTS) is 1. The minimum atomic E-state index is -1.16. The van der Waals surface area contributed by atoms with Crippen molar-refractivity contribution in [2.75, 3.05) is 5.32 Å². The minimum absolute atomic E-state index is 0.0295. The van der Waals surface area contributed by atoms with Crippen molar-refractivity contribution < 1.29 is 23.9 Å². The van der Waals surface area contributed by atoms with Crippen molar-refractivity contribution in [3.63, 3.8) is 0 Å². The second-order valence-corrected chi connectivity index (χ2v) is 8.68. The summed E-state index contributed by atoms with van der Waals surface area (Å²) in [7, 11) is 1.74. The summed E-state index contributed by atoms with van der Waals surface area (Å²) in [6, 6.07) is 6.08. The summed E-state index contributed by atoms with van der Waals surface area (Å²) in [4.78, 5) is 41.0. The third-order valence-electron chi connectivity index (χ3n) is 5.58. The molecule has 200 valence electrons. The van der Waals surface area contributed by atoms with E-state index < -0.39 is 29.6 Å². The van der Waals surface area contributed by atoms with Crippen LogP contribution in [0.15, 0.2) is 48.9 Å². The number of carbonyl (C=O) groups is 3. The molecule has 0 radical (unpaired) electrons. The number of benzene rings is 1. The number of carbonyl (C=O) groups excluding carboxylic acids is 2. The van der Waals surface area contributed by atoms with Crippen LogP contribution in [-0.4, -0.2) is 63.9 Å². The van der Waals surface area contributed by atoms with Gasteiger partial charge in [0.25, 0.3) is 0 Å². The Kier molecular flexibility index (Phi) is 8.05. The van der Waals surface area contributed by atoms with Gasteiger partial charge in [0.15, 0.2) is 5.82 Å². The number of hydrogen-bond acceptors (Lipinski definition) is 8. The van der Waals surface area contributed by atoms with E-state index in [0.717, 1.165) is 18.0 Å². The van der Waals surface area contributed by atoms with Gasteiger partial charge in [0.2, 0.25) is 11.8 Å². The molecule has 39 heavy (non-hydrogen) atoms. The molecule has 2 amide bonds. The van der Waals surface area contributed by atoms with Crippen molar-refractivity contribution in [1.82, 2.24) is 40.3 Å². The SMILES string of the molecule is Cc1cc(CC(NC(=O)C=Cc2c(-n3cnnn3)ccc(Cl)c2F)C(=O)Nc2ccc(C(=O)O)cn2)nn1C. The number of tetrazole rings is 1. The molecule has 0 aliphatic carbocycles. The van der Waals surface area contributed by atoms with Crippen molar-refractivity contribution in [3.05, 3.63) is 82.3 Å². The monoisotopic (exact) mass is 553 g/mol. The molecule has 0 fully saturated rings. The fourth-order valence-corrected chi connectivity index (χ4v) is 3.69. The number of pyridine rings is 1. The lowest BCUT2D eigenvalue weighted by molar-refractivity contribution is -0.123. The molecule has 1 aromatic carbocycles. The molecule has 0 saturated carbocycles. The van der Waals surface area contributed by atoms with Crippen LogP contribution < -0.4 is 10.6 Å². The van der Waals surface area contributed by atoms with E-state index in [1.54, 1.807) is 17.8 Å². The van der Waals surface area contributed by atoms with E-state index in [2.05, 4.69) is 36.2 Å². The minimum Gasteiger partial charge on any atom is -0.478 e. The van der Waals surface area contributed by atoms with Gasteiger partial charge in [0, 0.05) is 37.0 Å². The van der Waals surface area contributed by atoms with Gasteiger partial charge in [-0.3, -0.25) is 14.3 Å². The molecule has 0 spiro atoms. The summed E-state index contributed by atoms with van der Waals surface area (Å²) in [6.07, 6.45) is 4.62. The van der Waals surface area contributed by atoms with Crippen LogP contribution in [0.2, 0.25) is 5.02 Å². The van der Waals surface area contributed by atoms with Crippen LogP contribution in [0.25, 0.3) is 11.8 Å². The predicted octanol–water partition coefficient (Wildman–Crippen LogP) is 1.97. The van der Waals surface area contributed by atoms with Gasteiger partial charge >= 0.3 is 5.97 Å². The lowest BCUT2D eigenvalue weighted by atomic mass is 10.1. The largest absolute Gasteiger partial charge is 0.478 e. The van der Waals surface area contributed by atoms with E-state index >= 15 is 0 Å². The maximum Gasteiger partial charge on any atom is 0.337 e. The molecule has 3 aromatic heterocycles. The summed E-state index contributed by atoms with van der Waals surface area (Å²) < 4.78 is 17.7. The zero-order chi connectivity index (χ0) is 28.1. The molecule has 3 heterocycles. The number of aromatic nitrogens is 7. The van der Waals surface area contributed by atoms with Gasteiger partial charge in [-0.1, -0.05) is 11.6 Å². The molecule has 3 N–H and O–H groups in total. The van der Waals surface area contributed by atoms with E-state index in [-0.39, 0.29) is 34.1 Å². The van der Waals surface area contributed by atoms with Crippen molar-refractivity contribution >= 4 is 41.3 Å². The van der Waals surface area contributed by atoms with E-state index in [0.29, 0.717) is 5.69 Å². The molecular formula is C24H21ClFN9O4. The van der Waals surface area contributed by atoms with Gasteiger partial charge in [0.05, 0.1) is 22.0 Å². The van der Waals surface area contributed by atoms with E-state index in [4.69, 9.17) is 16.7 Å². The van der Waals surface area contributed by atoms with E-state index in [1.165, 1.54) is 41.4 Å². The van der Waals surface area contributed by atoms with Crippen LogP contribution in [-0.2, 0) is 23.1 Å². The molecular weight excluding hydrogens is 533 g/mol. The summed E-state index contributed by atoms with van der Waals surface area (Å²) in [5, 5.41) is 29.1. The number of halogens is 2. The van der Waals surface area contributed by atoms with Crippen LogP contribution in [0.4, 0.5) is 10.2 Å². The fraction of sp³-hybridized carbons (Fsp3) is 0.167. The van der Waals surface area contributed by atoms with Gasteiger partial charge in [-0.25, -0.2) is 14.2 Å². The highest BCUT2D eigenvalue weighted by molar-refractivity contribution is 6.31. The van der Waals surface area contributed by atoms with Gasteiger partial charge in [-0.15, -0.1) is 5.10 Å². The average Bonchev–Trinajstić information content (AvgIpc) is 3.54. The summed E-state index contributed by atoms with van der Waals surface area (Å²) >= 11 is 5.93. The highest BCUT2D eigenvalue weighted by atomic mass is 35.5. The first kappa shape index (κ1) is 27.1. The number of nitrogens with one attached hydrogen (secondary N) is 2. The Hall–Kier alpha value is -4.98.